The molecule has 1 atom stereocenters. The number of hydrogen-bond donors (Lipinski definition) is 2. The molecule has 78 valence electrons. The Morgan fingerprint density at radius 2 is 2.29 bits per heavy atom. The quantitative estimate of drug-likeness (QED) is 0.576. The maximum atomic E-state index is 11.3. The molecule has 0 saturated carbocycles. The van der Waals surface area contributed by atoms with E-state index < -0.39 is 12.1 Å². The fraction of sp³-hybridized carbons (Fsp3) is 0.625. The maximum absolute atomic E-state index is 11.3. The summed E-state index contributed by atoms with van der Waals surface area (Å²) in [5, 5.41) is 4.91. The second-order valence-corrected chi connectivity index (χ2v) is 2.99. The van der Waals surface area contributed by atoms with Crippen LogP contribution >= 0.6 is 0 Å². The molecule has 0 spiro atoms. The Labute approximate surface area is 81.6 Å². The topological polar surface area (TPSA) is 78.5 Å². The van der Waals surface area contributed by atoms with Crippen molar-refractivity contribution in [3.05, 3.63) is 0 Å². The summed E-state index contributed by atoms with van der Waals surface area (Å²) in [6, 6.07) is -1.25. The van der Waals surface area contributed by atoms with Crippen molar-refractivity contribution in [3.8, 4) is 0 Å². The standard InChI is InChI=1S/C8H13N3O3/c1-3-9-7(13)5(2)11-6(12)4-10-8(11)14/h5H,3-4H2,1-2H3,(H,9,13)(H,10,14). The zero-order valence-corrected chi connectivity index (χ0v) is 8.16. The van der Waals surface area contributed by atoms with Gasteiger partial charge in [-0.25, -0.2) is 4.79 Å². The molecule has 0 radical (unpaired) electrons. The minimum absolute atomic E-state index is 0.0252. The van der Waals surface area contributed by atoms with Gasteiger partial charge in [0, 0.05) is 6.54 Å². The first-order chi connectivity index (χ1) is 6.57. The lowest BCUT2D eigenvalue weighted by molar-refractivity contribution is -0.133. The highest BCUT2D eigenvalue weighted by molar-refractivity contribution is 6.05. The van der Waals surface area contributed by atoms with Crippen LogP contribution in [-0.4, -0.2) is 41.9 Å². The second kappa shape index (κ2) is 4.08. The molecule has 0 aromatic heterocycles. The molecule has 14 heavy (non-hydrogen) atoms. The molecule has 4 amide bonds. The van der Waals surface area contributed by atoms with Crippen molar-refractivity contribution in [1.82, 2.24) is 15.5 Å². The van der Waals surface area contributed by atoms with Crippen LogP contribution in [0.25, 0.3) is 0 Å². The number of rotatable bonds is 3. The Morgan fingerprint density at radius 1 is 1.64 bits per heavy atom. The third-order valence-corrected chi connectivity index (χ3v) is 2.00. The molecule has 1 heterocycles. The number of carbonyl (C=O) groups is 3. The highest BCUT2D eigenvalue weighted by Gasteiger charge is 2.35. The molecule has 0 bridgehead atoms. The lowest BCUT2D eigenvalue weighted by atomic mass is 10.3. The average molecular weight is 199 g/mol. The number of hydrogen-bond acceptors (Lipinski definition) is 3. The zero-order valence-electron chi connectivity index (χ0n) is 8.16. The predicted octanol–water partition coefficient (Wildman–Crippen LogP) is -0.937. The van der Waals surface area contributed by atoms with Crippen LogP contribution in [0.2, 0.25) is 0 Å². The highest BCUT2D eigenvalue weighted by Crippen LogP contribution is 2.05. The number of imide groups is 1. The van der Waals surface area contributed by atoms with Gasteiger partial charge in [0.25, 0.3) is 5.91 Å². The molecule has 1 fully saturated rings. The van der Waals surface area contributed by atoms with Crippen molar-refractivity contribution in [2.24, 2.45) is 0 Å². The summed E-state index contributed by atoms with van der Waals surface area (Å²) in [7, 11) is 0. The maximum Gasteiger partial charge on any atom is 0.325 e. The van der Waals surface area contributed by atoms with Crippen LogP contribution in [0.3, 0.4) is 0 Å². The fourth-order valence-electron chi connectivity index (χ4n) is 1.27. The van der Waals surface area contributed by atoms with Crippen molar-refractivity contribution in [2.75, 3.05) is 13.1 Å². The lowest BCUT2D eigenvalue weighted by Crippen LogP contribution is -2.48. The van der Waals surface area contributed by atoms with Gasteiger partial charge in [-0.15, -0.1) is 0 Å². The molecule has 6 heteroatoms. The van der Waals surface area contributed by atoms with Crippen LogP contribution in [0, 0.1) is 0 Å². The van der Waals surface area contributed by atoms with Crippen LogP contribution in [0.4, 0.5) is 4.79 Å². The molecule has 1 saturated heterocycles. The molecular formula is C8H13N3O3. The highest BCUT2D eigenvalue weighted by atomic mass is 16.2. The summed E-state index contributed by atoms with van der Waals surface area (Å²) < 4.78 is 0. The van der Waals surface area contributed by atoms with Crippen LogP contribution < -0.4 is 10.6 Å². The van der Waals surface area contributed by atoms with E-state index in [1.807, 2.05) is 0 Å². The summed E-state index contributed by atoms with van der Waals surface area (Å²) in [5.74, 6) is -0.688. The van der Waals surface area contributed by atoms with Crippen molar-refractivity contribution < 1.29 is 14.4 Å². The van der Waals surface area contributed by atoms with Gasteiger partial charge in [0.15, 0.2) is 0 Å². The predicted molar refractivity (Wildman–Crippen MR) is 48.4 cm³/mol. The first-order valence-electron chi connectivity index (χ1n) is 4.45. The van der Waals surface area contributed by atoms with E-state index in [9.17, 15) is 14.4 Å². The van der Waals surface area contributed by atoms with E-state index >= 15 is 0 Å². The van der Waals surface area contributed by atoms with E-state index in [4.69, 9.17) is 0 Å². The zero-order chi connectivity index (χ0) is 10.7. The van der Waals surface area contributed by atoms with Crippen LogP contribution in [0.5, 0.6) is 0 Å². The van der Waals surface area contributed by atoms with Crippen LogP contribution in [-0.2, 0) is 9.59 Å². The van der Waals surface area contributed by atoms with Crippen molar-refractivity contribution in [3.63, 3.8) is 0 Å². The third-order valence-electron chi connectivity index (χ3n) is 2.00. The molecule has 0 aliphatic carbocycles. The van der Waals surface area contributed by atoms with Gasteiger partial charge in [-0.1, -0.05) is 0 Å². The van der Waals surface area contributed by atoms with E-state index in [-0.39, 0.29) is 18.4 Å². The van der Waals surface area contributed by atoms with Gasteiger partial charge < -0.3 is 10.6 Å². The Balaban J connectivity index is 2.67. The van der Waals surface area contributed by atoms with E-state index in [1.54, 1.807) is 6.92 Å². The summed E-state index contributed by atoms with van der Waals surface area (Å²) in [5.41, 5.74) is 0. The van der Waals surface area contributed by atoms with E-state index in [2.05, 4.69) is 10.6 Å². The van der Waals surface area contributed by atoms with E-state index in [0.29, 0.717) is 6.54 Å². The molecule has 6 nitrogen and oxygen atoms in total. The number of likely N-dealkylation sites (N-methyl/N-ethyl adjacent to an activating group) is 1. The van der Waals surface area contributed by atoms with Crippen LogP contribution in [0.15, 0.2) is 0 Å². The lowest BCUT2D eigenvalue weighted by Gasteiger charge is -2.19. The molecule has 1 unspecified atom stereocenters. The number of nitrogens with one attached hydrogen (secondary N) is 2. The normalized spacial score (nSPS) is 18.0. The fourth-order valence-corrected chi connectivity index (χ4v) is 1.27. The molecule has 1 aliphatic rings. The largest absolute Gasteiger partial charge is 0.355 e. The van der Waals surface area contributed by atoms with Gasteiger partial charge in [0.1, 0.15) is 6.04 Å². The van der Waals surface area contributed by atoms with Gasteiger partial charge in [-0.3, -0.25) is 14.5 Å². The molecule has 0 aromatic rings. The Hall–Kier alpha value is -1.59. The smallest absolute Gasteiger partial charge is 0.325 e. The minimum atomic E-state index is -0.745. The molecule has 2 N–H and O–H groups in total. The number of carbonyl (C=O) groups excluding carboxylic acids is 3. The Morgan fingerprint density at radius 3 is 2.71 bits per heavy atom. The first kappa shape index (κ1) is 10.5. The van der Waals surface area contributed by atoms with Crippen molar-refractivity contribution >= 4 is 17.8 Å². The SMILES string of the molecule is CCNC(=O)C(C)N1C(=O)CNC1=O. The van der Waals surface area contributed by atoms with Crippen molar-refractivity contribution in [2.45, 2.75) is 19.9 Å². The average Bonchev–Trinajstić information content (AvgIpc) is 2.46. The molecular weight excluding hydrogens is 186 g/mol. The molecule has 1 aliphatic heterocycles. The van der Waals surface area contributed by atoms with Crippen LogP contribution in [0.1, 0.15) is 13.8 Å². The molecule has 1 rings (SSSR count). The Kier molecular flexibility index (Phi) is 3.06. The van der Waals surface area contributed by atoms with E-state index in [0.717, 1.165) is 4.90 Å². The van der Waals surface area contributed by atoms with Gasteiger partial charge in [0.2, 0.25) is 5.91 Å². The first-order valence-corrected chi connectivity index (χ1v) is 4.45. The molecule has 0 aromatic carbocycles. The minimum Gasteiger partial charge on any atom is -0.355 e. The van der Waals surface area contributed by atoms with E-state index in [1.165, 1.54) is 6.92 Å². The van der Waals surface area contributed by atoms with Gasteiger partial charge in [-0.2, -0.15) is 0 Å². The number of urea groups is 1. The summed E-state index contributed by atoms with van der Waals surface area (Å²) >= 11 is 0. The van der Waals surface area contributed by atoms with Crippen molar-refractivity contribution in [1.29, 1.82) is 0 Å². The van der Waals surface area contributed by atoms with Gasteiger partial charge >= 0.3 is 6.03 Å². The summed E-state index contributed by atoms with van der Waals surface area (Å²) in [4.78, 5) is 34.6. The third kappa shape index (κ3) is 1.84. The summed E-state index contributed by atoms with van der Waals surface area (Å²) in [6.07, 6.45) is 0. The number of nitrogens with zero attached hydrogens (tertiary/aromatic N) is 1. The van der Waals surface area contributed by atoms with Gasteiger partial charge in [-0.05, 0) is 13.8 Å². The number of amides is 4. The Bertz CT molecular complexity index is 261. The second-order valence-electron chi connectivity index (χ2n) is 2.99. The summed E-state index contributed by atoms with van der Waals surface area (Å²) in [6.45, 7) is 3.75. The van der Waals surface area contributed by atoms with Gasteiger partial charge in [0.05, 0.1) is 6.54 Å². The monoisotopic (exact) mass is 199 g/mol.